The molecule has 1 unspecified atom stereocenters. The summed E-state index contributed by atoms with van der Waals surface area (Å²) in [6, 6.07) is 13.6. The van der Waals surface area contributed by atoms with Gasteiger partial charge in [0.05, 0.1) is 27.0 Å². The highest BCUT2D eigenvalue weighted by molar-refractivity contribution is 6.42. The van der Waals surface area contributed by atoms with E-state index in [2.05, 4.69) is 0 Å². The van der Waals surface area contributed by atoms with E-state index in [9.17, 15) is 9.59 Å². The van der Waals surface area contributed by atoms with Crippen molar-refractivity contribution in [2.45, 2.75) is 26.4 Å². The third kappa shape index (κ3) is 3.48. The molecule has 1 amide bonds. The molecule has 1 aromatic heterocycles. The Balaban J connectivity index is 1.54. The first-order valence-corrected chi connectivity index (χ1v) is 11.8. The molecule has 0 saturated heterocycles. The lowest BCUT2D eigenvalue weighted by Gasteiger charge is -2.25. The molecule has 3 heterocycles. The molecule has 4 aromatic rings. The molecule has 2 aliphatic heterocycles. The van der Waals surface area contributed by atoms with Crippen LogP contribution < -0.4 is 14.9 Å². The Labute approximate surface area is 210 Å². The SMILES string of the molecule is Cc1cc2oc3c(c(=O)c2cc1C)C(c1ccc(Cl)c(Cl)c1)N(Cc1ccc2c(c1)OCO2)C3=O. The Morgan fingerprint density at radius 2 is 1.69 bits per heavy atom. The molecule has 8 heteroatoms. The summed E-state index contributed by atoms with van der Waals surface area (Å²) >= 11 is 12.5. The van der Waals surface area contributed by atoms with E-state index >= 15 is 0 Å². The molecule has 0 N–H and O–H groups in total. The summed E-state index contributed by atoms with van der Waals surface area (Å²) in [4.78, 5) is 29.1. The molecule has 0 fully saturated rings. The molecule has 0 saturated carbocycles. The van der Waals surface area contributed by atoms with Crippen LogP contribution in [0.3, 0.4) is 0 Å². The highest BCUT2D eigenvalue weighted by Crippen LogP contribution is 2.42. The minimum atomic E-state index is -0.694. The molecule has 6 rings (SSSR count). The van der Waals surface area contributed by atoms with Gasteiger partial charge in [-0.1, -0.05) is 35.3 Å². The third-order valence-electron chi connectivity index (χ3n) is 6.63. The van der Waals surface area contributed by atoms with Gasteiger partial charge in [0.2, 0.25) is 12.6 Å². The van der Waals surface area contributed by atoms with Crippen molar-refractivity contribution >= 4 is 40.1 Å². The summed E-state index contributed by atoms with van der Waals surface area (Å²) in [5.74, 6) is 0.942. The van der Waals surface area contributed by atoms with Gasteiger partial charge in [-0.25, -0.2) is 0 Å². The van der Waals surface area contributed by atoms with E-state index < -0.39 is 6.04 Å². The van der Waals surface area contributed by atoms with Crippen LogP contribution in [0.4, 0.5) is 0 Å². The monoisotopic (exact) mass is 507 g/mol. The van der Waals surface area contributed by atoms with Crippen LogP contribution in [0.15, 0.2) is 57.7 Å². The fourth-order valence-electron chi connectivity index (χ4n) is 4.70. The maximum atomic E-state index is 13.8. The Morgan fingerprint density at radius 1 is 0.914 bits per heavy atom. The summed E-state index contributed by atoms with van der Waals surface area (Å²) in [6.07, 6.45) is 0. The van der Waals surface area contributed by atoms with Gasteiger partial charge in [0, 0.05) is 6.54 Å². The first-order valence-electron chi connectivity index (χ1n) is 11.0. The first kappa shape index (κ1) is 22.0. The fraction of sp³-hybridized carbons (Fsp3) is 0.185. The van der Waals surface area contributed by atoms with Gasteiger partial charge in [-0.2, -0.15) is 0 Å². The number of benzene rings is 3. The number of rotatable bonds is 3. The van der Waals surface area contributed by atoms with E-state index in [1.54, 1.807) is 29.2 Å². The molecule has 3 aromatic carbocycles. The molecule has 35 heavy (non-hydrogen) atoms. The van der Waals surface area contributed by atoms with Crippen LogP contribution in [0.1, 0.15) is 44.4 Å². The van der Waals surface area contributed by atoms with E-state index in [0.29, 0.717) is 43.6 Å². The Bertz CT molecular complexity index is 1610. The van der Waals surface area contributed by atoms with Gasteiger partial charge in [-0.05, 0) is 72.5 Å². The lowest BCUT2D eigenvalue weighted by atomic mass is 9.97. The average Bonchev–Trinajstić information content (AvgIpc) is 3.40. The van der Waals surface area contributed by atoms with Gasteiger partial charge >= 0.3 is 0 Å². The van der Waals surface area contributed by atoms with E-state index in [1.165, 1.54) is 0 Å². The molecular weight excluding hydrogens is 489 g/mol. The first-order chi connectivity index (χ1) is 16.8. The Morgan fingerprint density at radius 3 is 2.49 bits per heavy atom. The number of fused-ring (bicyclic) bond motifs is 3. The van der Waals surface area contributed by atoms with E-state index in [4.69, 9.17) is 37.1 Å². The van der Waals surface area contributed by atoms with Gasteiger partial charge in [0.15, 0.2) is 16.9 Å². The zero-order chi connectivity index (χ0) is 24.4. The van der Waals surface area contributed by atoms with Gasteiger partial charge in [-0.15, -0.1) is 0 Å². The maximum absolute atomic E-state index is 13.8. The largest absolute Gasteiger partial charge is 0.454 e. The van der Waals surface area contributed by atoms with Crippen LogP contribution in [-0.2, 0) is 6.54 Å². The van der Waals surface area contributed by atoms with Crippen LogP contribution in [0, 0.1) is 13.8 Å². The smallest absolute Gasteiger partial charge is 0.291 e. The van der Waals surface area contributed by atoms with Crippen molar-refractivity contribution in [3.8, 4) is 11.5 Å². The van der Waals surface area contributed by atoms with Gasteiger partial charge in [0.1, 0.15) is 5.58 Å². The number of halogens is 2. The molecule has 0 aliphatic carbocycles. The second-order valence-corrected chi connectivity index (χ2v) is 9.62. The van der Waals surface area contributed by atoms with Crippen molar-refractivity contribution < 1.29 is 18.7 Å². The summed E-state index contributed by atoms with van der Waals surface area (Å²) < 4.78 is 17.0. The lowest BCUT2D eigenvalue weighted by Crippen LogP contribution is -2.29. The summed E-state index contributed by atoms with van der Waals surface area (Å²) in [5, 5.41) is 1.17. The highest BCUT2D eigenvalue weighted by atomic mass is 35.5. The van der Waals surface area contributed by atoms with Crippen LogP contribution in [0.25, 0.3) is 11.0 Å². The quantitative estimate of drug-likeness (QED) is 0.330. The number of ether oxygens (including phenoxy) is 2. The number of carbonyl (C=O) groups is 1. The predicted molar refractivity (Wildman–Crippen MR) is 133 cm³/mol. The van der Waals surface area contributed by atoms with E-state index in [-0.39, 0.29) is 30.4 Å². The predicted octanol–water partition coefficient (Wildman–Crippen LogP) is 6.19. The fourth-order valence-corrected chi connectivity index (χ4v) is 5.01. The van der Waals surface area contributed by atoms with Crippen LogP contribution >= 0.6 is 23.2 Å². The minimum absolute atomic E-state index is 0.0440. The van der Waals surface area contributed by atoms with E-state index in [1.807, 2.05) is 38.1 Å². The zero-order valence-corrected chi connectivity index (χ0v) is 20.4. The van der Waals surface area contributed by atoms with Gasteiger partial charge in [-0.3, -0.25) is 9.59 Å². The topological polar surface area (TPSA) is 69.0 Å². The number of nitrogens with zero attached hydrogens (tertiary/aromatic N) is 1. The molecule has 6 nitrogen and oxygen atoms in total. The van der Waals surface area contributed by atoms with Gasteiger partial charge in [0.25, 0.3) is 5.91 Å². The number of aryl methyl sites for hydroxylation is 2. The summed E-state index contributed by atoms with van der Waals surface area (Å²) in [6.45, 7) is 4.25. The van der Waals surface area contributed by atoms with Crippen LogP contribution in [0.2, 0.25) is 10.0 Å². The average molecular weight is 508 g/mol. The normalized spacial score (nSPS) is 16.3. The van der Waals surface area contributed by atoms with Crippen molar-refractivity contribution in [3.05, 3.63) is 102 Å². The second-order valence-electron chi connectivity index (χ2n) is 8.80. The molecule has 1 atom stereocenters. The zero-order valence-electron chi connectivity index (χ0n) is 18.9. The highest BCUT2D eigenvalue weighted by Gasteiger charge is 2.43. The molecule has 0 radical (unpaired) electrons. The number of amides is 1. The number of hydrogen-bond donors (Lipinski definition) is 0. The Hall–Kier alpha value is -3.48. The van der Waals surface area contributed by atoms with E-state index in [0.717, 1.165) is 16.7 Å². The summed E-state index contributed by atoms with van der Waals surface area (Å²) in [5.41, 5.74) is 3.89. The second kappa shape index (κ2) is 8.04. The molecular formula is C27H19Cl2NO5. The number of hydrogen-bond acceptors (Lipinski definition) is 5. The molecule has 0 bridgehead atoms. The molecule has 176 valence electrons. The van der Waals surface area contributed by atoms with Crippen molar-refractivity contribution in [1.29, 1.82) is 0 Å². The molecule has 2 aliphatic rings. The van der Waals surface area contributed by atoms with Crippen molar-refractivity contribution in [2.75, 3.05) is 6.79 Å². The standard InChI is InChI=1S/C27H19Cl2NO5/c1-13-7-17-21(8-14(13)2)35-26-23(25(17)31)24(16-4-5-18(28)19(29)10-16)30(27(26)32)11-15-3-6-20-22(9-15)34-12-33-20/h3-10,24H,11-12H2,1-2H3. The van der Waals surface area contributed by atoms with Crippen LogP contribution in [-0.4, -0.2) is 17.6 Å². The Kier molecular flexibility index (Phi) is 5.06. The number of carbonyl (C=O) groups excluding carboxylic acids is 1. The van der Waals surface area contributed by atoms with Crippen LogP contribution in [0.5, 0.6) is 11.5 Å². The summed E-state index contributed by atoms with van der Waals surface area (Å²) in [7, 11) is 0. The van der Waals surface area contributed by atoms with Crippen molar-refractivity contribution in [1.82, 2.24) is 4.90 Å². The van der Waals surface area contributed by atoms with Gasteiger partial charge < -0.3 is 18.8 Å². The third-order valence-corrected chi connectivity index (χ3v) is 7.37. The van der Waals surface area contributed by atoms with Crippen molar-refractivity contribution in [2.24, 2.45) is 0 Å². The minimum Gasteiger partial charge on any atom is -0.454 e. The van der Waals surface area contributed by atoms with Crippen molar-refractivity contribution in [3.63, 3.8) is 0 Å². The lowest BCUT2D eigenvalue weighted by molar-refractivity contribution is 0.0714. The molecule has 0 spiro atoms. The maximum Gasteiger partial charge on any atom is 0.291 e.